The molecule has 0 saturated carbocycles. The van der Waals surface area contributed by atoms with E-state index in [0.717, 1.165) is 11.8 Å². The molecule has 0 aliphatic rings. The van der Waals surface area contributed by atoms with Gasteiger partial charge in [-0.25, -0.2) is 4.68 Å². The summed E-state index contributed by atoms with van der Waals surface area (Å²) >= 11 is 13.2. The molecule has 0 bridgehead atoms. The van der Waals surface area contributed by atoms with E-state index in [0.29, 0.717) is 33.2 Å². The van der Waals surface area contributed by atoms with Gasteiger partial charge in [-0.05, 0) is 25.1 Å². The predicted octanol–water partition coefficient (Wildman–Crippen LogP) is 2.62. The molecule has 0 unspecified atom stereocenters. The van der Waals surface area contributed by atoms with E-state index >= 15 is 0 Å². The van der Waals surface area contributed by atoms with Crippen LogP contribution in [0.25, 0.3) is 11.4 Å². The van der Waals surface area contributed by atoms with Crippen molar-refractivity contribution in [2.24, 2.45) is 0 Å². The molecule has 0 radical (unpaired) electrons. The number of thioether (sulfide) groups is 1. The quantitative estimate of drug-likeness (QED) is 0.509. The number of halogens is 2. The number of aromatic nitrogens is 3. The fourth-order valence-corrected chi connectivity index (χ4v) is 2.58. The molecule has 1 aromatic carbocycles. The first kappa shape index (κ1) is 15.9. The molecule has 1 heterocycles. The van der Waals surface area contributed by atoms with Gasteiger partial charge in [0.15, 0.2) is 5.82 Å². The van der Waals surface area contributed by atoms with Crippen LogP contribution in [0.4, 0.5) is 0 Å². The van der Waals surface area contributed by atoms with Gasteiger partial charge in [0.2, 0.25) is 5.16 Å². The lowest BCUT2D eigenvalue weighted by atomic mass is 10.2. The fourth-order valence-electron chi connectivity index (χ4n) is 1.55. The second-order valence-corrected chi connectivity index (χ2v) is 5.68. The Morgan fingerprint density at radius 3 is 2.90 bits per heavy atom. The highest BCUT2D eigenvalue weighted by atomic mass is 35.5. The fraction of sp³-hybridized carbons (Fsp3) is 0.250. The molecule has 9 heteroatoms. The summed E-state index contributed by atoms with van der Waals surface area (Å²) in [6, 6.07) is 4.97. The summed E-state index contributed by atoms with van der Waals surface area (Å²) in [6.45, 7) is 2.07. The zero-order valence-electron chi connectivity index (χ0n) is 11.0. The molecule has 0 saturated heterocycles. The Hall–Kier alpha value is -1.44. The molecule has 2 N–H and O–H groups in total. The average molecular weight is 347 g/mol. The summed E-state index contributed by atoms with van der Waals surface area (Å²) in [6.07, 6.45) is 0. The smallest absolute Gasteiger partial charge is 0.316 e. The Balaban J connectivity index is 2.20. The molecule has 0 fully saturated rings. The summed E-state index contributed by atoms with van der Waals surface area (Å²) in [5, 5.41) is 9.27. The number of nitrogens with two attached hydrogens (primary N) is 1. The number of hydrogen-bond donors (Lipinski definition) is 1. The Kier molecular flexibility index (Phi) is 5.33. The van der Waals surface area contributed by atoms with Gasteiger partial charge in [0, 0.05) is 10.6 Å². The van der Waals surface area contributed by atoms with Crippen LogP contribution in [0.1, 0.15) is 6.92 Å². The summed E-state index contributed by atoms with van der Waals surface area (Å²) in [4.78, 5) is 11.3. The number of carbonyl (C=O) groups excluding carboxylic acids is 1. The van der Waals surface area contributed by atoms with Crippen LogP contribution in [-0.2, 0) is 9.53 Å². The van der Waals surface area contributed by atoms with E-state index in [-0.39, 0.29) is 11.7 Å². The van der Waals surface area contributed by atoms with Crippen LogP contribution in [0.15, 0.2) is 23.4 Å². The Bertz CT molecular complexity index is 663. The molecule has 1 aromatic heterocycles. The lowest BCUT2D eigenvalue weighted by Crippen LogP contribution is -2.13. The molecule has 2 aromatic rings. The summed E-state index contributed by atoms with van der Waals surface area (Å²) in [5.41, 5.74) is 0.571. The normalized spacial score (nSPS) is 10.6. The highest BCUT2D eigenvalue weighted by molar-refractivity contribution is 7.99. The van der Waals surface area contributed by atoms with Crippen molar-refractivity contribution in [2.45, 2.75) is 12.1 Å². The topological polar surface area (TPSA) is 83.0 Å². The first-order chi connectivity index (χ1) is 10.0. The number of rotatable bonds is 5. The molecule has 0 atom stereocenters. The highest BCUT2D eigenvalue weighted by Crippen LogP contribution is 2.30. The van der Waals surface area contributed by atoms with E-state index in [4.69, 9.17) is 33.8 Å². The molecule has 21 heavy (non-hydrogen) atoms. The molecule has 112 valence electrons. The van der Waals surface area contributed by atoms with Crippen LogP contribution in [-0.4, -0.2) is 33.2 Å². The highest BCUT2D eigenvalue weighted by Gasteiger charge is 2.16. The lowest BCUT2D eigenvalue weighted by molar-refractivity contribution is -0.139. The second-order valence-electron chi connectivity index (χ2n) is 3.89. The number of carbonyl (C=O) groups is 1. The number of hydrogen-bond acceptors (Lipinski definition) is 6. The Labute approximate surface area is 135 Å². The van der Waals surface area contributed by atoms with Crippen LogP contribution < -0.4 is 5.84 Å². The van der Waals surface area contributed by atoms with Crippen molar-refractivity contribution in [1.82, 2.24) is 14.9 Å². The van der Waals surface area contributed by atoms with Crippen molar-refractivity contribution >= 4 is 40.9 Å². The van der Waals surface area contributed by atoms with Gasteiger partial charge in [-0.2, -0.15) is 0 Å². The maximum atomic E-state index is 11.3. The van der Waals surface area contributed by atoms with Crippen molar-refractivity contribution in [3.05, 3.63) is 28.2 Å². The molecule has 2 rings (SSSR count). The minimum atomic E-state index is -0.340. The number of ether oxygens (including phenoxy) is 1. The zero-order chi connectivity index (χ0) is 15.4. The molecule has 0 aliphatic heterocycles. The van der Waals surface area contributed by atoms with E-state index in [2.05, 4.69) is 10.2 Å². The maximum Gasteiger partial charge on any atom is 0.316 e. The van der Waals surface area contributed by atoms with E-state index in [1.807, 2.05) is 0 Å². The first-order valence-corrected chi connectivity index (χ1v) is 7.71. The van der Waals surface area contributed by atoms with Gasteiger partial charge >= 0.3 is 5.97 Å². The minimum Gasteiger partial charge on any atom is -0.465 e. The molecule has 0 aliphatic carbocycles. The lowest BCUT2D eigenvalue weighted by Gasteiger charge is -2.05. The van der Waals surface area contributed by atoms with Crippen LogP contribution in [0.5, 0.6) is 0 Å². The van der Waals surface area contributed by atoms with Crippen molar-refractivity contribution < 1.29 is 9.53 Å². The zero-order valence-corrected chi connectivity index (χ0v) is 13.4. The van der Waals surface area contributed by atoms with Gasteiger partial charge < -0.3 is 10.6 Å². The monoisotopic (exact) mass is 346 g/mol. The number of esters is 1. The van der Waals surface area contributed by atoms with E-state index < -0.39 is 0 Å². The Morgan fingerprint density at radius 2 is 2.19 bits per heavy atom. The van der Waals surface area contributed by atoms with Crippen molar-refractivity contribution in [3.8, 4) is 11.4 Å². The summed E-state index contributed by atoms with van der Waals surface area (Å²) < 4.78 is 6.10. The third kappa shape index (κ3) is 3.81. The van der Waals surface area contributed by atoms with Crippen molar-refractivity contribution in [3.63, 3.8) is 0 Å². The molecular formula is C12H12Cl2N4O2S. The van der Waals surface area contributed by atoms with Gasteiger partial charge in [-0.15, -0.1) is 10.2 Å². The predicted molar refractivity (Wildman–Crippen MR) is 83.0 cm³/mol. The molecule has 0 amide bonds. The minimum absolute atomic E-state index is 0.104. The van der Waals surface area contributed by atoms with Crippen LogP contribution in [0.2, 0.25) is 10.0 Å². The largest absolute Gasteiger partial charge is 0.465 e. The third-order valence-corrected chi connectivity index (χ3v) is 3.94. The van der Waals surface area contributed by atoms with Gasteiger partial charge in [-0.1, -0.05) is 35.0 Å². The summed E-state index contributed by atoms with van der Waals surface area (Å²) in [7, 11) is 0. The molecule has 6 nitrogen and oxygen atoms in total. The third-order valence-electron chi connectivity index (χ3n) is 2.46. The number of benzene rings is 1. The maximum absolute atomic E-state index is 11.3. The van der Waals surface area contributed by atoms with E-state index in [1.165, 1.54) is 4.68 Å². The SMILES string of the molecule is CCOC(=O)CSc1nnc(-c2cc(Cl)ccc2Cl)n1N. The average Bonchev–Trinajstić information content (AvgIpc) is 2.81. The van der Waals surface area contributed by atoms with Crippen molar-refractivity contribution in [2.75, 3.05) is 18.2 Å². The molecule has 0 spiro atoms. The van der Waals surface area contributed by atoms with Gasteiger partial charge in [0.1, 0.15) is 0 Å². The summed E-state index contributed by atoms with van der Waals surface area (Å²) in [5.74, 6) is 6.06. The Morgan fingerprint density at radius 1 is 1.43 bits per heavy atom. The van der Waals surface area contributed by atoms with Crippen LogP contribution in [0, 0.1) is 0 Å². The van der Waals surface area contributed by atoms with E-state index in [9.17, 15) is 4.79 Å². The van der Waals surface area contributed by atoms with Gasteiger partial charge in [0.25, 0.3) is 0 Å². The van der Waals surface area contributed by atoms with E-state index in [1.54, 1.807) is 25.1 Å². The standard InChI is InChI=1S/C12H12Cl2N4O2S/c1-2-20-10(19)6-21-12-17-16-11(18(12)15)8-5-7(13)3-4-9(8)14/h3-5H,2,6,15H2,1H3. The van der Waals surface area contributed by atoms with Crippen LogP contribution >= 0.6 is 35.0 Å². The second kappa shape index (κ2) is 7.02. The number of nitrogens with zero attached hydrogens (tertiary/aromatic N) is 3. The number of nitrogen functional groups attached to an aromatic ring is 1. The van der Waals surface area contributed by atoms with Gasteiger partial charge in [-0.3, -0.25) is 4.79 Å². The van der Waals surface area contributed by atoms with Gasteiger partial charge in [0.05, 0.1) is 17.4 Å². The van der Waals surface area contributed by atoms with Crippen LogP contribution in [0.3, 0.4) is 0 Å². The first-order valence-electron chi connectivity index (χ1n) is 5.97. The van der Waals surface area contributed by atoms with Crippen molar-refractivity contribution in [1.29, 1.82) is 0 Å². The molecular weight excluding hydrogens is 335 g/mol.